The maximum Gasteiger partial charge on any atom is 0.248 e. The predicted molar refractivity (Wildman–Crippen MR) is 98.7 cm³/mol. The SMILES string of the molecule is NC(=O)c1ccc2cc(C3(c4cccc5ccccc45)CC3)oc2c1. The molecule has 1 aliphatic carbocycles. The van der Waals surface area contributed by atoms with E-state index >= 15 is 0 Å². The highest BCUT2D eigenvalue weighted by molar-refractivity contribution is 5.96. The zero-order valence-electron chi connectivity index (χ0n) is 13.7. The van der Waals surface area contributed by atoms with Crippen LogP contribution in [0.15, 0.2) is 71.1 Å². The molecule has 25 heavy (non-hydrogen) atoms. The predicted octanol–water partition coefficient (Wildman–Crippen LogP) is 4.76. The van der Waals surface area contributed by atoms with E-state index < -0.39 is 5.91 Å². The molecule has 2 N–H and O–H groups in total. The minimum Gasteiger partial charge on any atom is -0.460 e. The minimum atomic E-state index is -0.435. The van der Waals surface area contributed by atoms with E-state index in [1.807, 2.05) is 6.07 Å². The van der Waals surface area contributed by atoms with Crippen LogP contribution < -0.4 is 5.73 Å². The number of fused-ring (bicyclic) bond motifs is 2. The van der Waals surface area contributed by atoms with Gasteiger partial charge in [-0.1, -0.05) is 48.5 Å². The molecule has 1 fully saturated rings. The Hall–Kier alpha value is -3.07. The van der Waals surface area contributed by atoms with Crippen LogP contribution in [0.1, 0.15) is 34.5 Å². The van der Waals surface area contributed by atoms with Crippen molar-refractivity contribution in [2.45, 2.75) is 18.3 Å². The van der Waals surface area contributed by atoms with Gasteiger partial charge in [-0.2, -0.15) is 0 Å². The first-order valence-electron chi connectivity index (χ1n) is 8.49. The first kappa shape index (κ1) is 14.3. The zero-order chi connectivity index (χ0) is 17.0. The number of amides is 1. The van der Waals surface area contributed by atoms with E-state index in [0.29, 0.717) is 5.56 Å². The molecule has 4 aromatic rings. The van der Waals surface area contributed by atoms with Crippen LogP contribution in [0.25, 0.3) is 21.7 Å². The summed E-state index contributed by atoms with van der Waals surface area (Å²) in [6.07, 6.45) is 2.15. The van der Waals surface area contributed by atoms with Gasteiger partial charge in [-0.05, 0) is 47.4 Å². The number of nitrogens with two attached hydrogens (primary N) is 1. The molecular formula is C22H17NO2. The Balaban J connectivity index is 1.69. The third-order valence-corrected chi connectivity index (χ3v) is 5.33. The second-order valence-corrected chi connectivity index (χ2v) is 6.84. The first-order chi connectivity index (χ1) is 12.2. The lowest BCUT2D eigenvalue weighted by molar-refractivity contribution is 0.100. The van der Waals surface area contributed by atoms with Crippen molar-refractivity contribution in [1.29, 1.82) is 0 Å². The van der Waals surface area contributed by atoms with Crippen LogP contribution in [0.5, 0.6) is 0 Å². The molecule has 3 aromatic carbocycles. The fourth-order valence-corrected chi connectivity index (χ4v) is 3.84. The molecule has 0 atom stereocenters. The number of hydrogen-bond donors (Lipinski definition) is 1. The fraction of sp³-hybridized carbons (Fsp3) is 0.136. The van der Waals surface area contributed by atoms with E-state index in [1.165, 1.54) is 16.3 Å². The van der Waals surface area contributed by atoms with Crippen molar-refractivity contribution >= 4 is 27.6 Å². The van der Waals surface area contributed by atoms with E-state index in [1.54, 1.807) is 12.1 Å². The van der Waals surface area contributed by atoms with Crippen LogP contribution in [-0.2, 0) is 5.41 Å². The van der Waals surface area contributed by atoms with Crippen molar-refractivity contribution in [1.82, 2.24) is 0 Å². The number of carbonyl (C=O) groups is 1. The van der Waals surface area contributed by atoms with E-state index in [-0.39, 0.29) is 5.41 Å². The highest BCUT2D eigenvalue weighted by atomic mass is 16.3. The summed E-state index contributed by atoms with van der Waals surface area (Å²) in [6.45, 7) is 0. The van der Waals surface area contributed by atoms with E-state index in [0.717, 1.165) is 29.6 Å². The van der Waals surface area contributed by atoms with Crippen LogP contribution in [0.4, 0.5) is 0 Å². The molecule has 0 bridgehead atoms. The molecule has 3 heteroatoms. The normalized spacial score (nSPS) is 15.5. The molecule has 1 aliphatic rings. The Bertz CT molecular complexity index is 1130. The van der Waals surface area contributed by atoms with Gasteiger partial charge in [0.25, 0.3) is 0 Å². The number of primary amides is 1. The maximum atomic E-state index is 11.4. The van der Waals surface area contributed by atoms with Gasteiger partial charge in [0.2, 0.25) is 5.91 Å². The van der Waals surface area contributed by atoms with Crippen molar-refractivity contribution in [2.24, 2.45) is 5.73 Å². The molecule has 122 valence electrons. The van der Waals surface area contributed by atoms with Gasteiger partial charge in [-0.15, -0.1) is 0 Å². The van der Waals surface area contributed by atoms with E-state index in [4.69, 9.17) is 10.2 Å². The lowest BCUT2D eigenvalue weighted by Crippen LogP contribution is -2.10. The molecule has 5 rings (SSSR count). The Labute approximate surface area is 145 Å². The lowest BCUT2D eigenvalue weighted by atomic mass is 9.89. The number of rotatable bonds is 3. The molecule has 0 saturated heterocycles. The summed E-state index contributed by atoms with van der Waals surface area (Å²) in [5, 5.41) is 3.53. The molecule has 1 heterocycles. The molecule has 3 nitrogen and oxygen atoms in total. The minimum absolute atomic E-state index is 0.0627. The topological polar surface area (TPSA) is 56.2 Å². The average Bonchev–Trinajstić information content (AvgIpc) is 3.33. The van der Waals surface area contributed by atoms with Crippen LogP contribution >= 0.6 is 0 Å². The second kappa shape index (κ2) is 4.96. The smallest absolute Gasteiger partial charge is 0.248 e. The Morgan fingerprint density at radius 2 is 1.72 bits per heavy atom. The van der Waals surface area contributed by atoms with Crippen molar-refractivity contribution in [3.63, 3.8) is 0 Å². The number of hydrogen-bond acceptors (Lipinski definition) is 2. The maximum absolute atomic E-state index is 11.4. The van der Waals surface area contributed by atoms with Gasteiger partial charge in [0.15, 0.2) is 0 Å². The summed E-state index contributed by atoms with van der Waals surface area (Å²) in [5.74, 6) is 0.538. The molecule has 1 aromatic heterocycles. The van der Waals surface area contributed by atoms with Crippen molar-refractivity contribution in [3.8, 4) is 0 Å². The molecule has 0 aliphatic heterocycles. The van der Waals surface area contributed by atoms with Crippen molar-refractivity contribution in [2.75, 3.05) is 0 Å². The van der Waals surface area contributed by atoms with Gasteiger partial charge in [-0.25, -0.2) is 0 Å². The quantitative estimate of drug-likeness (QED) is 0.589. The highest BCUT2D eigenvalue weighted by Gasteiger charge is 2.49. The summed E-state index contributed by atoms with van der Waals surface area (Å²) in [6, 6.07) is 22.4. The number of carbonyl (C=O) groups excluding carboxylic acids is 1. The van der Waals surface area contributed by atoms with Gasteiger partial charge in [0.05, 0.1) is 5.41 Å². The third kappa shape index (κ3) is 2.09. The van der Waals surface area contributed by atoms with E-state index in [2.05, 4.69) is 48.5 Å². The Morgan fingerprint density at radius 3 is 2.52 bits per heavy atom. The largest absolute Gasteiger partial charge is 0.460 e. The van der Waals surface area contributed by atoms with E-state index in [9.17, 15) is 4.79 Å². The zero-order valence-corrected chi connectivity index (χ0v) is 13.7. The molecule has 0 spiro atoms. The summed E-state index contributed by atoms with van der Waals surface area (Å²) >= 11 is 0. The van der Waals surface area contributed by atoms with Gasteiger partial charge in [0, 0.05) is 10.9 Å². The Morgan fingerprint density at radius 1 is 0.920 bits per heavy atom. The monoisotopic (exact) mass is 327 g/mol. The Kier molecular flexibility index (Phi) is 2.84. The summed E-state index contributed by atoms with van der Waals surface area (Å²) in [4.78, 5) is 11.4. The highest BCUT2D eigenvalue weighted by Crippen LogP contribution is 2.56. The molecule has 0 radical (unpaired) electrons. The number of benzene rings is 3. The summed E-state index contributed by atoms with van der Waals surface area (Å²) in [7, 11) is 0. The van der Waals surface area contributed by atoms with Crippen molar-refractivity contribution in [3.05, 3.63) is 83.6 Å². The molecule has 1 amide bonds. The summed E-state index contributed by atoms with van der Waals surface area (Å²) in [5.41, 5.74) is 7.83. The van der Waals surface area contributed by atoms with Crippen LogP contribution in [0, 0.1) is 0 Å². The van der Waals surface area contributed by atoms with Crippen LogP contribution in [-0.4, -0.2) is 5.91 Å². The third-order valence-electron chi connectivity index (χ3n) is 5.33. The van der Waals surface area contributed by atoms with Gasteiger partial charge >= 0.3 is 0 Å². The van der Waals surface area contributed by atoms with Gasteiger partial charge in [-0.3, -0.25) is 4.79 Å². The molecule has 0 unspecified atom stereocenters. The van der Waals surface area contributed by atoms with Gasteiger partial charge in [0.1, 0.15) is 11.3 Å². The first-order valence-corrected chi connectivity index (χ1v) is 8.49. The second-order valence-electron chi connectivity index (χ2n) is 6.84. The van der Waals surface area contributed by atoms with Crippen LogP contribution in [0.2, 0.25) is 0 Å². The number of furan rings is 1. The molecule has 1 saturated carbocycles. The lowest BCUT2D eigenvalue weighted by Gasteiger charge is -2.15. The van der Waals surface area contributed by atoms with Crippen molar-refractivity contribution < 1.29 is 9.21 Å². The molecular weight excluding hydrogens is 310 g/mol. The van der Waals surface area contributed by atoms with Gasteiger partial charge < -0.3 is 10.2 Å². The standard InChI is InChI=1S/C22H17NO2/c23-21(24)16-9-8-15-13-20(25-19(15)12-16)22(10-11-22)18-7-3-5-14-4-1-2-6-17(14)18/h1-9,12-13H,10-11H2,(H2,23,24). The summed E-state index contributed by atoms with van der Waals surface area (Å²) < 4.78 is 6.18. The average molecular weight is 327 g/mol. The fourth-order valence-electron chi connectivity index (χ4n) is 3.84. The van der Waals surface area contributed by atoms with Crippen LogP contribution in [0.3, 0.4) is 0 Å².